The molecule has 1 amide bonds. The minimum atomic E-state index is -0.350. The first-order chi connectivity index (χ1) is 10.5. The van der Waals surface area contributed by atoms with Crippen LogP contribution >= 0.6 is 15.9 Å². The number of nitrogens with one attached hydrogen (secondary N) is 1. The molecule has 1 aromatic carbocycles. The van der Waals surface area contributed by atoms with Crippen LogP contribution in [-0.4, -0.2) is 27.8 Å². The quantitative estimate of drug-likeness (QED) is 0.827. The van der Waals surface area contributed by atoms with Gasteiger partial charge < -0.3 is 11.1 Å². The second-order valence-corrected chi connectivity index (χ2v) is 6.21. The van der Waals surface area contributed by atoms with E-state index in [2.05, 4.69) is 26.3 Å². The van der Waals surface area contributed by atoms with Crippen LogP contribution in [0.1, 0.15) is 37.0 Å². The summed E-state index contributed by atoms with van der Waals surface area (Å²) in [6, 6.07) is 7.73. The SMILES string of the molecule is CCC(CC)(CN)NC(=O)c1cnn(-c2ccc(Br)cc2)c1. The summed E-state index contributed by atoms with van der Waals surface area (Å²) in [5.74, 6) is -0.141. The topological polar surface area (TPSA) is 72.9 Å². The maximum atomic E-state index is 12.4. The summed E-state index contributed by atoms with van der Waals surface area (Å²) in [5.41, 5.74) is 6.91. The van der Waals surface area contributed by atoms with Crippen LogP contribution in [0.4, 0.5) is 0 Å². The van der Waals surface area contributed by atoms with E-state index in [1.165, 1.54) is 0 Å². The van der Waals surface area contributed by atoms with Crippen LogP contribution in [0.25, 0.3) is 5.69 Å². The standard InChI is InChI=1S/C16H21BrN4O/c1-3-16(4-2,11-18)20-15(22)12-9-19-21(10-12)14-7-5-13(17)6-8-14/h5-10H,3-4,11,18H2,1-2H3,(H,20,22). The molecular formula is C16H21BrN4O. The van der Waals surface area contributed by atoms with Crippen LogP contribution in [0, 0.1) is 0 Å². The first-order valence-electron chi connectivity index (χ1n) is 7.36. The molecule has 118 valence electrons. The molecule has 0 unspecified atom stereocenters. The van der Waals surface area contributed by atoms with E-state index in [9.17, 15) is 4.79 Å². The van der Waals surface area contributed by atoms with Gasteiger partial charge in [-0.1, -0.05) is 29.8 Å². The Morgan fingerprint density at radius 3 is 2.50 bits per heavy atom. The van der Waals surface area contributed by atoms with E-state index in [-0.39, 0.29) is 11.4 Å². The summed E-state index contributed by atoms with van der Waals surface area (Å²) in [7, 11) is 0. The van der Waals surface area contributed by atoms with Crippen LogP contribution < -0.4 is 11.1 Å². The van der Waals surface area contributed by atoms with Crippen molar-refractivity contribution >= 4 is 21.8 Å². The molecule has 0 saturated carbocycles. The zero-order chi connectivity index (χ0) is 16.2. The zero-order valence-electron chi connectivity index (χ0n) is 12.8. The number of nitrogens with zero attached hydrogens (tertiary/aromatic N) is 2. The normalized spacial score (nSPS) is 11.5. The molecule has 0 aliphatic rings. The maximum absolute atomic E-state index is 12.4. The summed E-state index contributed by atoms with van der Waals surface area (Å²) < 4.78 is 2.68. The Kier molecular flexibility index (Phi) is 5.37. The number of hydrogen-bond acceptors (Lipinski definition) is 3. The van der Waals surface area contributed by atoms with Crippen LogP contribution in [0.5, 0.6) is 0 Å². The third-order valence-electron chi connectivity index (χ3n) is 4.06. The van der Waals surface area contributed by atoms with E-state index in [1.807, 2.05) is 38.1 Å². The van der Waals surface area contributed by atoms with Crippen molar-refractivity contribution in [2.24, 2.45) is 5.73 Å². The number of carbonyl (C=O) groups excluding carboxylic acids is 1. The first-order valence-corrected chi connectivity index (χ1v) is 8.16. The predicted octanol–water partition coefficient (Wildman–Crippen LogP) is 2.88. The van der Waals surface area contributed by atoms with Gasteiger partial charge in [-0.15, -0.1) is 0 Å². The van der Waals surface area contributed by atoms with Crippen molar-refractivity contribution in [1.82, 2.24) is 15.1 Å². The minimum absolute atomic E-state index is 0.141. The molecule has 0 radical (unpaired) electrons. The zero-order valence-corrected chi connectivity index (χ0v) is 14.4. The van der Waals surface area contributed by atoms with Crippen molar-refractivity contribution in [1.29, 1.82) is 0 Å². The fourth-order valence-electron chi connectivity index (χ4n) is 2.25. The molecule has 6 heteroatoms. The summed E-state index contributed by atoms with van der Waals surface area (Å²) in [6.45, 7) is 4.48. The van der Waals surface area contributed by atoms with Gasteiger partial charge >= 0.3 is 0 Å². The summed E-state index contributed by atoms with van der Waals surface area (Å²) >= 11 is 3.40. The lowest BCUT2D eigenvalue weighted by Gasteiger charge is -2.31. The number of hydrogen-bond donors (Lipinski definition) is 2. The Balaban J connectivity index is 2.17. The number of halogens is 1. The maximum Gasteiger partial charge on any atom is 0.254 e. The Bertz CT molecular complexity index is 624. The molecule has 0 aliphatic carbocycles. The molecular weight excluding hydrogens is 344 g/mol. The average molecular weight is 365 g/mol. The highest BCUT2D eigenvalue weighted by molar-refractivity contribution is 9.10. The highest BCUT2D eigenvalue weighted by atomic mass is 79.9. The molecule has 2 rings (SSSR count). The second-order valence-electron chi connectivity index (χ2n) is 5.30. The molecule has 1 aromatic heterocycles. The van der Waals surface area contributed by atoms with Crippen molar-refractivity contribution in [2.45, 2.75) is 32.2 Å². The molecule has 3 N–H and O–H groups in total. The highest BCUT2D eigenvalue weighted by Gasteiger charge is 2.27. The van der Waals surface area contributed by atoms with Gasteiger partial charge in [0, 0.05) is 17.2 Å². The number of amides is 1. The van der Waals surface area contributed by atoms with Gasteiger partial charge in [0.25, 0.3) is 5.91 Å². The van der Waals surface area contributed by atoms with E-state index in [0.717, 1.165) is 23.0 Å². The molecule has 1 heterocycles. The van der Waals surface area contributed by atoms with Gasteiger partial charge in [0.05, 0.1) is 23.0 Å². The van der Waals surface area contributed by atoms with Crippen molar-refractivity contribution in [2.75, 3.05) is 6.54 Å². The number of aromatic nitrogens is 2. The monoisotopic (exact) mass is 364 g/mol. The van der Waals surface area contributed by atoms with Crippen molar-refractivity contribution in [3.05, 3.63) is 46.7 Å². The van der Waals surface area contributed by atoms with E-state index >= 15 is 0 Å². The number of rotatable bonds is 6. The molecule has 0 fully saturated rings. The largest absolute Gasteiger partial charge is 0.345 e. The summed E-state index contributed by atoms with van der Waals surface area (Å²) in [6.07, 6.45) is 4.90. The Morgan fingerprint density at radius 2 is 1.95 bits per heavy atom. The lowest BCUT2D eigenvalue weighted by atomic mass is 9.92. The number of benzene rings is 1. The molecule has 0 bridgehead atoms. The molecule has 0 saturated heterocycles. The van der Waals surface area contributed by atoms with Crippen molar-refractivity contribution in [3.8, 4) is 5.69 Å². The van der Waals surface area contributed by atoms with Crippen LogP contribution in [0.2, 0.25) is 0 Å². The first kappa shape index (κ1) is 16.7. The lowest BCUT2D eigenvalue weighted by molar-refractivity contribution is 0.0895. The molecule has 0 aliphatic heterocycles. The third kappa shape index (κ3) is 3.56. The van der Waals surface area contributed by atoms with Gasteiger partial charge in [-0.05, 0) is 37.1 Å². The van der Waals surface area contributed by atoms with E-state index in [4.69, 9.17) is 5.73 Å². The third-order valence-corrected chi connectivity index (χ3v) is 4.59. The van der Waals surface area contributed by atoms with E-state index < -0.39 is 0 Å². The van der Waals surface area contributed by atoms with E-state index in [1.54, 1.807) is 17.1 Å². The van der Waals surface area contributed by atoms with Gasteiger partial charge in [0.1, 0.15) is 0 Å². The number of nitrogens with two attached hydrogens (primary N) is 1. The lowest BCUT2D eigenvalue weighted by Crippen LogP contribution is -2.52. The molecule has 0 spiro atoms. The van der Waals surface area contributed by atoms with Gasteiger partial charge in [0.15, 0.2) is 0 Å². The van der Waals surface area contributed by atoms with Crippen LogP contribution in [0.3, 0.4) is 0 Å². The van der Waals surface area contributed by atoms with Crippen molar-refractivity contribution < 1.29 is 4.79 Å². The van der Waals surface area contributed by atoms with Crippen molar-refractivity contribution in [3.63, 3.8) is 0 Å². The fourth-order valence-corrected chi connectivity index (χ4v) is 2.52. The van der Waals surface area contributed by atoms with Gasteiger partial charge in [-0.25, -0.2) is 4.68 Å². The smallest absolute Gasteiger partial charge is 0.254 e. The predicted molar refractivity (Wildman–Crippen MR) is 91.1 cm³/mol. The van der Waals surface area contributed by atoms with E-state index in [0.29, 0.717) is 12.1 Å². The van der Waals surface area contributed by atoms with Gasteiger partial charge in [-0.3, -0.25) is 4.79 Å². The molecule has 5 nitrogen and oxygen atoms in total. The molecule has 2 aromatic rings. The summed E-state index contributed by atoms with van der Waals surface area (Å²) in [4.78, 5) is 12.4. The average Bonchev–Trinajstić information content (AvgIpc) is 3.03. The molecule has 22 heavy (non-hydrogen) atoms. The minimum Gasteiger partial charge on any atom is -0.345 e. The summed E-state index contributed by atoms with van der Waals surface area (Å²) in [5, 5.41) is 7.30. The van der Waals surface area contributed by atoms with Crippen LogP contribution in [0.15, 0.2) is 41.1 Å². The fraction of sp³-hybridized carbons (Fsp3) is 0.375. The van der Waals surface area contributed by atoms with Gasteiger partial charge in [-0.2, -0.15) is 5.10 Å². The second kappa shape index (κ2) is 7.07. The highest BCUT2D eigenvalue weighted by Crippen LogP contribution is 2.16. The van der Waals surface area contributed by atoms with Gasteiger partial charge in [0.2, 0.25) is 0 Å². The Morgan fingerprint density at radius 1 is 1.32 bits per heavy atom. The number of carbonyl (C=O) groups is 1. The Labute approximate surface area is 139 Å². The molecule has 0 atom stereocenters. The Hall–Kier alpha value is -1.66. The van der Waals surface area contributed by atoms with Crippen LogP contribution in [-0.2, 0) is 0 Å².